The molecule has 1 aliphatic heterocycles. The predicted molar refractivity (Wildman–Crippen MR) is 77.8 cm³/mol. The van der Waals surface area contributed by atoms with E-state index < -0.39 is 0 Å². The van der Waals surface area contributed by atoms with Crippen LogP contribution in [0.1, 0.15) is 18.9 Å². The Morgan fingerprint density at radius 2 is 2.27 bits per heavy atom. The molecule has 1 N–H and O–H groups in total. The average molecular weight is 333 g/mol. The van der Waals surface area contributed by atoms with E-state index in [-0.39, 0.29) is 0 Å². The van der Waals surface area contributed by atoms with Gasteiger partial charge in [-0.05, 0) is 53.6 Å². The molecule has 2 unspecified atom stereocenters. The van der Waals surface area contributed by atoms with Crippen LogP contribution in [0.3, 0.4) is 0 Å². The zero-order chi connectivity index (χ0) is 10.8. The number of anilines is 1. The number of halogens is 1. The van der Waals surface area contributed by atoms with Crippen molar-refractivity contribution in [3.63, 3.8) is 0 Å². The van der Waals surface area contributed by atoms with E-state index in [1.807, 2.05) is 0 Å². The average Bonchev–Trinajstić information content (AvgIpc) is 2.58. The molecule has 15 heavy (non-hydrogen) atoms. The molecule has 1 heterocycles. The molecule has 0 radical (unpaired) electrons. The van der Waals surface area contributed by atoms with E-state index in [2.05, 4.69) is 71.7 Å². The minimum absolute atomic E-state index is 0.656. The Kier molecular flexibility index (Phi) is 3.83. The normalized spacial score (nSPS) is 25.5. The lowest BCUT2D eigenvalue weighted by Crippen LogP contribution is -2.18. The lowest BCUT2D eigenvalue weighted by atomic mass is 10.1. The van der Waals surface area contributed by atoms with Crippen LogP contribution in [0.25, 0.3) is 0 Å². The Bertz CT molecular complexity index is 353. The predicted octanol–water partition coefficient (Wildman–Crippen LogP) is 3.91. The van der Waals surface area contributed by atoms with E-state index in [0.29, 0.717) is 6.04 Å². The second-order valence-corrected chi connectivity index (χ2v) is 6.82. The van der Waals surface area contributed by atoms with E-state index in [0.717, 1.165) is 5.25 Å². The van der Waals surface area contributed by atoms with Crippen molar-refractivity contribution in [3.05, 3.63) is 27.3 Å². The quantitative estimate of drug-likeness (QED) is 0.824. The smallest absolute Gasteiger partial charge is 0.0362 e. The van der Waals surface area contributed by atoms with Gasteiger partial charge >= 0.3 is 0 Å². The maximum Gasteiger partial charge on any atom is 0.0362 e. The summed E-state index contributed by atoms with van der Waals surface area (Å²) in [5.41, 5.74) is 2.63. The van der Waals surface area contributed by atoms with Crippen molar-refractivity contribution in [2.45, 2.75) is 31.6 Å². The highest BCUT2D eigenvalue weighted by atomic mass is 127. The summed E-state index contributed by atoms with van der Waals surface area (Å²) in [6.07, 6.45) is 1.29. The fourth-order valence-corrected chi connectivity index (χ4v) is 3.50. The van der Waals surface area contributed by atoms with Crippen molar-refractivity contribution in [3.8, 4) is 0 Å². The number of aryl methyl sites for hydroxylation is 1. The highest BCUT2D eigenvalue weighted by Gasteiger charge is 2.21. The second kappa shape index (κ2) is 4.95. The van der Waals surface area contributed by atoms with Gasteiger partial charge in [-0.1, -0.05) is 13.0 Å². The molecular weight excluding hydrogens is 317 g/mol. The Morgan fingerprint density at radius 1 is 1.47 bits per heavy atom. The van der Waals surface area contributed by atoms with Gasteiger partial charge in [0.15, 0.2) is 0 Å². The molecule has 0 aliphatic carbocycles. The first-order valence-corrected chi connectivity index (χ1v) is 7.42. The minimum Gasteiger partial charge on any atom is -0.381 e. The Hall–Kier alpha value is 0.100. The number of nitrogens with one attached hydrogen (secondary N) is 1. The minimum atomic E-state index is 0.656. The van der Waals surface area contributed by atoms with Gasteiger partial charge in [-0.2, -0.15) is 11.8 Å². The van der Waals surface area contributed by atoms with Crippen LogP contribution in [0.2, 0.25) is 0 Å². The summed E-state index contributed by atoms with van der Waals surface area (Å²) in [6, 6.07) is 7.27. The van der Waals surface area contributed by atoms with Gasteiger partial charge in [-0.15, -0.1) is 0 Å². The summed E-state index contributed by atoms with van der Waals surface area (Å²) >= 11 is 4.46. The molecule has 1 fully saturated rings. The van der Waals surface area contributed by atoms with Crippen LogP contribution in [-0.2, 0) is 0 Å². The first-order chi connectivity index (χ1) is 7.15. The van der Waals surface area contributed by atoms with Crippen LogP contribution in [-0.4, -0.2) is 17.0 Å². The molecule has 0 aromatic heterocycles. The highest BCUT2D eigenvalue weighted by Crippen LogP contribution is 2.28. The molecule has 0 bridgehead atoms. The zero-order valence-electron chi connectivity index (χ0n) is 9.09. The number of benzene rings is 1. The van der Waals surface area contributed by atoms with Gasteiger partial charge in [0.05, 0.1) is 0 Å². The van der Waals surface area contributed by atoms with E-state index in [1.165, 1.54) is 27.0 Å². The van der Waals surface area contributed by atoms with E-state index in [4.69, 9.17) is 0 Å². The number of hydrogen-bond donors (Lipinski definition) is 1. The van der Waals surface area contributed by atoms with Crippen LogP contribution in [0, 0.1) is 10.5 Å². The van der Waals surface area contributed by atoms with E-state index in [9.17, 15) is 0 Å². The molecule has 1 saturated heterocycles. The van der Waals surface area contributed by atoms with Crippen LogP contribution >= 0.6 is 34.4 Å². The van der Waals surface area contributed by atoms with Gasteiger partial charge < -0.3 is 5.32 Å². The fourth-order valence-electron chi connectivity index (χ4n) is 1.84. The maximum absolute atomic E-state index is 3.61. The fraction of sp³-hybridized carbons (Fsp3) is 0.500. The number of thioether (sulfide) groups is 1. The van der Waals surface area contributed by atoms with Gasteiger partial charge in [-0.3, -0.25) is 0 Å². The molecule has 3 heteroatoms. The van der Waals surface area contributed by atoms with Crippen molar-refractivity contribution in [1.29, 1.82) is 0 Å². The third kappa shape index (κ3) is 3.03. The van der Waals surface area contributed by atoms with Crippen LogP contribution in [0.15, 0.2) is 18.2 Å². The van der Waals surface area contributed by atoms with Crippen LogP contribution < -0.4 is 5.32 Å². The van der Waals surface area contributed by atoms with Gasteiger partial charge in [-0.25, -0.2) is 0 Å². The molecule has 1 nitrogen and oxygen atoms in total. The summed E-state index contributed by atoms with van der Waals surface area (Å²) < 4.78 is 1.34. The molecule has 2 atom stereocenters. The lowest BCUT2D eigenvalue weighted by molar-refractivity contribution is 0.747. The van der Waals surface area contributed by atoms with Crippen molar-refractivity contribution < 1.29 is 0 Å². The van der Waals surface area contributed by atoms with Crippen LogP contribution in [0.4, 0.5) is 5.69 Å². The number of hydrogen-bond acceptors (Lipinski definition) is 2. The third-order valence-corrected chi connectivity index (χ3v) is 5.26. The molecule has 1 aliphatic rings. The molecular formula is C12H16INS. The van der Waals surface area contributed by atoms with Gasteiger partial charge in [0, 0.05) is 26.3 Å². The third-order valence-electron chi connectivity index (χ3n) is 2.74. The summed E-state index contributed by atoms with van der Waals surface area (Å²) in [5, 5.41) is 4.43. The molecule has 0 spiro atoms. The molecule has 1 aromatic carbocycles. The van der Waals surface area contributed by atoms with E-state index in [1.54, 1.807) is 0 Å². The van der Waals surface area contributed by atoms with Gasteiger partial charge in [0.2, 0.25) is 0 Å². The lowest BCUT2D eigenvalue weighted by Gasteiger charge is -2.14. The Balaban J connectivity index is 2.02. The summed E-state index contributed by atoms with van der Waals surface area (Å²) in [7, 11) is 0. The monoisotopic (exact) mass is 333 g/mol. The first-order valence-electron chi connectivity index (χ1n) is 5.29. The molecule has 82 valence electrons. The zero-order valence-corrected chi connectivity index (χ0v) is 12.1. The summed E-state index contributed by atoms with van der Waals surface area (Å²) in [5.74, 6) is 1.24. The molecule has 2 rings (SSSR count). The molecule has 0 saturated carbocycles. The van der Waals surface area contributed by atoms with Crippen LogP contribution in [0.5, 0.6) is 0 Å². The van der Waals surface area contributed by atoms with Crippen molar-refractivity contribution in [2.75, 3.05) is 11.1 Å². The Morgan fingerprint density at radius 3 is 2.87 bits per heavy atom. The second-order valence-electron chi connectivity index (χ2n) is 4.18. The Labute approximate surface area is 110 Å². The standard InChI is InChI=1S/C12H16INS/c1-8-3-4-10(6-12(8)13)14-11-5-9(2)15-7-11/h3-4,6,9,11,14H,5,7H2,1-2H3. The number of rotatable bonds is 2. The van der Waals surface area contributed by atoms with Crippen molar-refractivity contribution >= 4 is 40.0 Å². The largest absolute Gasteiger partial charge is 0.381 e. The molecule has 1 aromatic rings. The summed E-state index contributed by atoms with van der Waals surface area (Å²) in [4.78, 5) is 0. The van der Waals surface area contributed by atoms with Crippen molar-refractivity contribution in [1.82, 2.24) is 0 Å². The highest BCUT2D eigenvalue weighted by molar-refractivity contribution is 14.1. The van der Waals surface area contributed by atoms with E-state index >= 15 is 0 Å². The maximum atomic E-state index is 3.61. The summed E-state index contributed by atoms with van der Waals surface area (Å²) in [6.45, 7) is 4.46. The van der Waals surface area contributed by atoms with Gasteiger partial charge in [0.25, 0.3) is 0 Å². The SMILES string of the molecule is Cc1ccc(NC2CSC(C)C2)cc1I. The molecule has 0 amide bonds. The van der Waals surface area contributed by atoms with Crippen molar-refractivity contribution in [2.24, 2.45) is 0 Å². The topological polar surface area (TPSA) is 12.0 Å². The first kappa shape index (κ1) is 11.6. The van der Waals surface area contributed by atoms with Gasteiger partial charge in [0.1, 0.15) is 0 Å².